The highest BCUT2D eigenvalue weighted by molar-refractivity contribution is 5.88. The van der Waals surface area contributed by atoms with Gasteiger partial charge in [-0.25, -0.2) is 0 Å². The molecule has 2 aromatic heterocycles. The van der Waals surface area contributed by atoms with E-state index in [1.54, 1.807) is 61.7 Å². The minimum Gasteiger partial charge on any atom is -0.497 e. The highest BCUT2D eigenvalue weighted by atomic mass is 16.5. The van der Waals surface area contributed by atoms with E-state index in [9.17, 15) is 14.4 Å². The Morgan fingerprint density at radius 1 is 0.775 bits per heavy atom. The van der Waals surface area contributed by atoms with Crippen LogP contribution in [0.25, 0.3) is 33.1 Å². The Morgan fingerprint density at radius 2 is 1.50 bits per heavy atom. The number of esters is 1. The minimum atomic E-state index is -0.923. The zero-order valence-corrected chi connectivity index (χ0v) is 22.3. The third-order valence-electron chi connectivity index (χ3n) is 6.89. The Bertz CT molecular complexity index is 1830. The first-order valence-corrected chi connectivity index (χ1v) is 12.3. The maximum absolute atomic E-state index is 13.8. The molecule has 5 rings (SSSR count). The van der Waals surface area contributed by atoms with Crippen LogP contribution in [0, 0.1) is 0 Å². The molecule has 0 saturated carbocycles. The molecule has 0 amide bonds. The lowest BCUT2D eigenvalue weighted by molar-refractivity contribution is -0.140. The van der Waals surface area contributed by atoms with Crippen molar-refractivity contribution in [3.8, 4) is 28.4 Å². The van der Waals surface area contributed by atoms with Crippen LogP contribution in [0.1, 0.15) is 23.5 Å². The van der Waals surface area contributed by atoms with Crippen LogP contribution in [0.2, 0.25) is 0 Å². The molecule has 0 spiro atoms. The number of hydrogen-bond donors (Lipinski definition) is 0. The second-order valence-electron chi connectivity index (χ2n) is 8.98. The number of carbonyl (C=O) groups excluding carboxylic acids is 1. The van der Waals surface area contributed by atoms with Gasteiger partial charge in [0.05, 0.1) is 57.5 Å². The SMILES string of the molecule is COC(=O)C[C@@H](c1coc2ccc(OC)cc2c1=O)c1c(OC)ccc2c(=O)c(-c3ccc(OC)cc3)coc12. The van der Waals surface area contributed by atoms with Crippen LogP contribution in [0.3, 0.4) is 0 Å². The maximum atomic E-state index is 13.8. The van der Waals surface area contributed by atoms with Crippen LogP contribution in [0.5, 0.6) is 17.2 Å². The summed E-state index contributed by atoms with van der Waals surface area (Å²) in [6, 6.07) is 15.1. The lowest BCUT2D eigenvalue weighted by atomic mass is 9.86. The first-order valence-electron chi connectivity index (χ1n) is 12.3. The van der Waals surface area contributed by atoms with Gasteiger partial charge in [-0.2, -0.15) is 0 Å². The molecule has 5 aromatic rings. The zero-order chi connectivity index (χ0) is 28.4. The van der Waals surface area contributed by atoms with E-state index in [0.29, 0.717) is 39.5 Å². The van der Waals surface area contributed by atoms with Crippen LogP contribution in [0.15, 0.2) is 85.5 Å². The van der Waals surface area contributed by atoms with Crippen molar-refractivity contribution in [3.05, 3.63) is 98.7 Å². The molecule has 9 nitrogen and oxygen atoms in total. The molecule has 0 radical (unpaired) electrons. The highest BCUT2D eigenvalue weighted by Crippen LogP contribution is 2.39. The van der Waals surface area contributed by atoms with E-state index in [0.717, 1.165) is 0 Å². The summed E-state index contributed by atoms with van der Waals surface area (Å²) >= 11 is 0. The summed E-state index contributed by atoms with van der Waals surface area (Å²) in [6.45, 7) is 0. The average Bonchev–Trinajstić information content (AvgIpc) is 3.00. The van der Waals surface area contributed by atoms with Crippen LogP contribution in [-0.4, -0.2) is 34.4 Å². The summed E-state index contributed by atoms with van der Waals surface area (Å²) in [7, 11) is 5.77. The van der Waals surface area contributed by atoms with Crippen LogP contribution < -0.4 is 25.1 Å². The second-order valence-corrected chi connectivity index (χ2v) is 8.98. The number of benzene rings is 3. The van der Waals surface area contributed by atoms with E-state index < -0.39 is 11.9 Å². The van der Waals surface area contributed by atoms with E-state index in [-0.39, 0.29) is 39.2 Å². The number of ether oxygens (including phenoxy) is 4. The van der Waals surface area contributed by atoms with Gasteiger partial charge in [0.25, 0.3) is 0 Å². The number of fused-ring (bicyclic) bond motifs is 2. The predicted octanol–water partition coefficient (Wildman–Crippen LogP) is 5.29. The van der Waals surface area contributed by atoms with E-state index in [2.05, 4.69) is 0 Å². The van der Waals surface area contributed by atoms with Crippen LogP contribution in [0.4, 0.5) is 0 Å². The molecule has 0 N–H and O–H groups in total. The molecule has 2 heterocycles. The van der Waals surface area contributed by atoms with Gasteiger partial charge in [-0.1, -0.05) is 12.1 Å². The van der Waals surface area contributed by atoms with Gasteiger partial charge in [-0.15, -0.1) is 0 Å². The van der Waals surface area contributed by atoms with E-state index >= 15 is 0 Å². The Morgan fingerprint density at radius 3 is 2.17 bits per heavy atom. The van der Waals surface area contributed by atoms with Crippen molar-refractivity contribution in [1.29, 1.82) is 0 Å². The Balaban J connectivity index is 1.76. The smallest absolute Gasteiger partial charge is 0.306 e. The first-order chi connectivity index (χ1) is 19.4. The summed E-state index contributed by atoms with van der Waals surface area (Å²) in [4.78, 5) is 40.1. The third kappa shape index (κ3) is 4.66. The maximum Gasteiger partial charge on any atom is 0.306 e. The lowest BCUT2D eigenvalue weighted by Crippen LogP contribution is -2.19. The predicted molar refractivity (Wildman–Crippen MR) is 149 cm³/mol. The molecule has 0 bridgehead atoms. The van der Waals surface area contributed by atoms with Crippen molar-refractivity contribution in [2.75, 3.05) is 28.4 Å². The summed E-state index contributed by atoms with van der Waals surface area (Å²) in [5.74, 6) is -0.0501. The molecule has 0 aliphatic heterocycles. The molecule has 40 heavy (non-hydrogen) atoms. The van der Waals surface area contributed by atoms with Gasteiger partial charge < -0.3 is 27.8 Å². The van der Waals surface area contributed by atoms with Crippen LogP contribution >= 0.6 is 0 Å². The quantitative estimate of drug-likeness (QED) is 0.241. The average molecular weight is 543 g/mol. The standard InChI is InChI=1S/C31H26O9/c1-35-18-7-5-17(6-8-18)23-15-40-31-20(29(23)33)10-12-26(37-3)28(31)21(14-27(32)38-4)24-16-39-25-11-9-19(36-2)13-22(25)30(24)34/h5-13,15-16,21H,14H2,1-4H3/t21-/m0/s1. The molecule has 1 atom stereocenters. The van der Waals surface area contributed by atoms with E-state index in [4.69, 9.17) is 27.8 Å². The van der Waals surface area contributed by atoms with Crippen molar-refractivity contribution >= 4 is 27.9 Å². The fourth-order valence-corrected chi connectivity index (χ4v) is 4.79. The van der Waals surface area contributed by atoms with Gasteiger partial charge in [-0.05, 0) is 48.0 Å². The van der Waals surface area contributed by atoms with Crippen molar-refractivity contribution in [2.45, 2.75) is 12.3 Å². The normalized spacial score (nSPS) is 11.8. The first kappa shape index (κ1) is 26.6. The Kier molecular flexibility index (Phi) is 7.29. The molecular formula is C31H26O9. The summed E-state index contributed by atoms with van der Waals surface area (Å²) in [5, 5.41) is 0.528. The molecule has 3 aromatic carbocycles. The molecule has 0 aliphatic rings. The van der Waals surface area contributed by atoms with Crippen molar-refractivity contribution < 1.29 is 32.6 Å². The fraction of sp³-hybridized carbons (Fsp3) is 0.194. The van der Waals surface area contributed by atoms with Gasteiger partial charge in [0.2, 0.25) is 5.43 Å². The molecule has 0 saturated heterocycles. The van der Waals surface area contributed by atoms with E-state index in [1.165, 1.54) is 33.9 Å². The highest BCUT2D eigenvalue weighted by Gasteiger charge is 2.30. The lowest BCUT2D eigenvalue weighted by Gasteiger charge is -2.20. The topological polar surface area (TPSA) is 114 Å². The molecule has 0 aliphatic carbocycles. The van der Waals surface area contributed by atoms with E-state index in [1.807, 2.05) is 0 Å². The summed E-state index contributed by atoms with van der Waals surface area (Å²) < 4.78 is 33.0. The van der Waals surface area contributed by atoms with Gasteiger partial charge >= 0.3 is 5.97 Å². The Hall–Kier alpha value is -5.05. The summed E-state index contributed by atoms with van der Waals surface area (Å²) in [5.41, 5.74) is 1.37. The molecule has 9 heteroatoms. The number of carbonyl (C=O) groups is 1. The van der Waals surface area contributed by atoms with Crippen LogP contribution in [-0.2, 0) is 9.53 Å². The van der Waals surface area contributed by atoms with Gasteiger partial charge in [0.15, 0.2) is 5.43 Å². The minimum absolute atomic E-state index is 0.166. The number of methoxy groups -OCH3 is 4. The number of rotatable bonds is 8. The van der Waals surface area contributed by atoms with Crippen molar-refractivity contribution in [1.82, 2.24) is 0 Å². The molecule has 0 fully saturated rings. The largest absolute Gasteiger partial charge is 0.497 e. The number of hydrogen-bond acceptors (Lipinski definition) is 9. The second kappa shape index (κ2) is 11.0. The van der Waals surface area contributed by atoms with Crippen molar-refractivity contribution in [2.24, 2.45) is 0 Å². The molecule has 0 unspecified atom stereocenters. The third-order valence-corrected chi connectivity index (χ3v) is 6.89. The summed E-state index contributed by atoms with van der Waals surface area (Å²) in [6.07, 6.45) is 2.43. The van der Waals surface area contributed by atoms with Gasteiger partial charge in [-0.3, -0.25) is 14.4 Å². The molecule has 204 valence electrons. The monoisotopic (exact) mass is 542 g/mol. The van der Waals surface area contributed by atoms with Crippen molar-refractivity contribution in [3.63, 3.8) is 0 Å². The zero-order valence-electron chi connectivity index (χ0n) is 22.3. The van der Waals surface area contributed by atoms with Gasteiger partial charge in [0.1, 0.15) is 34.7 Å². The molecular weight excluding hydrogens is 516 g/mol. The Labute approximate surface area is 228 Å². The van der Waals surface area contributed by atoms with Gasteiger partial charge in [0, 0.05) is 17.0 Å². The fourth-order valence-electron chi connectivity index (χ4n) is 4.79.